The lowest BCUT2D eigenvalue weighted by Gasteiger charge is -2.13. The fourth-order valence-corrected chi connectivity index (χ4v) is 4.55. The number of halogens is 1. The molecule has 1 N–H and O–H groups in total. The van der Waals surface area contributed by atoms with Gasteiger partial charge < -0.3 is 9.51 Å². The molecule has 0 aliphatic carbocycles. The van der Waals surface area contributed by atoms with Gasteiger partial charge in [0.05, 0.1) is 15.9 Å². The minimum absolute atomic E-state index is 0.0231. The Bertz CT molecular complexity index is 1400. The van der Waals surface area contributed by atoms with Gasteiger partial charge in [-0.3, -0.25) is 4.79 Å². The molecular formula is C17H15FN6O4S. The Morgan fingerprint density at radius 2 is 1.90 bits per heavy atom. The minimum Gasteiger partial charge on any atom is -0.340 e. The molecule has 0 saturated carbocycles. The fourth-order valence-electron chi connectivity index (χ4n) is 3.76. The van der Waals surface area contributed by atoms with Crippen molar-refractivity contribution in [2.45, 2.75) is 39.3 Å². The van der Waals surface area contributed by atoms with Crippen molar-refractivity contribution in [2.75, 3.05) is 0 Å². The Morgan fingerprint density at radius 1 is 1.21 bits per heavy atom. The Kier molecular flexibility index (Phi) is 3.91. The van der Waals surface area contributed by atoms with Crippen LogP contribution in [0.25, 0.3) is 15.9 Å². The van der Waals surface area contributed by atoms with Gasteiger partial charge in [-0.1, -0.05) is 16.5 Å². The summed E-state index contributed by atoms with van der Waals surface area (Å²) in [6.45, 7) is 2.39. The highest BCUT2D eigenvalue weighted by Gasteiger charge is 2.26. The molecule has 0 atom stereocenters. The van der Waals surface area contributed by atoms with Crippen LogP contribution >= 0.6 is 11.3 Å². The average Bonchev–Trinajstić information content (AvgIpc) is 3.34. The van der Waals surface area contributed by atoms with Gasteiger partial charge in [-0.25, -0.2) is 27.9 Å². The summed E-state index contributed by atoms with van der Waals surface area (Å²) in [5.41, 5.74) is -0.827. The van der Waals surface area contributed by atoms with Crippen molar-refractivity contribution < 1.29 is 8.91 Å². The first-order valence-corrected chi connectivity index (χ1v) is 9.82. The summed E-state index contributed by atoms with van der Waals surface area (Å²) >= 11 is 0.845. The molecule has 0 unspecified atom stereocenters. The second-order valence-electron chi connectivity index (χ2n) is 6.83. The van der Waals surface area contributed by atoms with Crippen LogP contribution in [0.15, 0.2) is 25.0 Å². The second kappa shape index (κ2) is 6.37. The summed E-state index contributed by atoms with van der Waals surface area (Å²) in [6, 6.07) is 1.16. The van der Waals surface area contributed by atoms with Crippen LogP contribution in [0.2, 0.25) is 0 Å². The van der Waals surface area contributed by atoms with E-state index in [9.17, 15) is 14.4 Å². The highest BCUT2D eigenvalue weighted by molar-refractivity contribution is 7.16. The number of hydrogen-bond donors (Lipinski definition) is 1. The molecule has 10 nitrogen and oxygen atoms in total. The van der Waals surface area contributed by atoms with Crippen LogP contribution in [0.1, 0.15) is 30.1 Å². The summed E-state index contributed by atoms with van der Waals surface area (Å²) in [4.78, 5) is 44.2. The number of nitrogens with zero attached hydrogens (tertiary/aromatic N) is 5. The summed E-state index contributed by atoms with van der Waals surface area (Å²) in [5, 5.41) is 3.83. The summed E-state index contributed by atoms with van der Waals surface area (Å²) < 4.78 is 24.1. The number of thiazole rings is 1. The Labute approximate surface area is 164 Å². The van der Waals surface area contributed by atoms with Gasteiger partial charge in [-0.15, -0.1) is 0 Å². The highest BCUT2D eigenvalue weighted by Crippen LogP contribution is 2.29. The minimum atomic E-state index is -0.772. The van der Waals surface area contributed by atoms with E-state index < -0.39 is 17.2 Å². The topological polar surface area (TPSA) is 121 Å². The number of aryl methyl sites for hydroxylation is 1. The first-order chi connectivity index (χ1) is 13.9. The third-order valence-electron chi connectivity index (χ3n) is 4.98. The quantitative estimate of drug-likeness (QED) is 0.528. The Hall–Kier alpha value is -3.28. The lowest BCUT2D eigenvalue weighted by Crippen LogP contribution is -2.30. The van der Waals surface area contributed by atoms with Crippen molar-refractivity contribution in [1.82, 2.24) is 29.1 Å². The van der Waals surface area contributed by atoms with Crippen LogP contribution in [0, 0.1) is 12.7 Å². The zero-order valence-corrected chi connectivity index (χ0v) is 16.1. The molecule has 0 bridgehead atoms. The molecule has 12 heteroatoms. The van der Waals surface area contributed by atoms with E-state index in [-0.39, 0.29) is 28.4 Å². The number of nitrogens with one attached hydrogen (secondary N) is 1. The number of benzene rings is 1. The number of aromatic amines is 1. The molecule has 5 rings (SSSR count). The molecule has 0 saturated heterocycles. The van der Waals surface area contributed by atoms with Crippen LogP contribution in [0.5, 0.6) is 0 Å². The third-order valence-corrected chi connectivity index (χ3v) is 5.81. The monoisotopic (exact) mass is 418 g/mol. The van der Waals surface area contributed by atoms with Gasteiger partial charge in [0.2, 0.25) is 5.89 Å². The van der Waals surface area contributed by atoms with E-state index >= 15 is 4.39 Å². The van der Waals surface area contributed by atoms with Gasteiger partial charge in [-0.2, -0.15) is 4.98 Å². The lowest BCUT2D eigenvalue weighted by atomic mass is 10.1. The zero-order chi connectivity index (χ0) is 20.3. The summed E-state index contributed by atoms with van der Waals surface area (Å²) in [5.74, 6) is -0.199. The van der Waals surface area contributed by atoms with Crippen LogP contribution in [0.3, 0.4) is 0 Å². The molecular weight excluding hydrogens is 403 g/mol. The fraction of sp³-hybridized carbons (Fsp3) is 0.353. The van der Waals surface area contributed by atoms with E-state index in [0.29, 0.717) is 29.2 Å². The van der Waals surface area contributed by atoms with E-state index in [1.165, 1.54) is 9.36 Å². The van der Waals surface area contributed by atoms with Crippen molar-refractivity contribution in [2.24, 2.45) is 0 Å². The number of fused-ring (bicyclic) bond motifs is 2. The van der Waals surface area contributed by atoms with Gasteiger partial charge in [0.25, 0.3) is 0 Å². The number of hydrogen-bond acceptors (Lipinski definition) is 7. The maximum Gasteiger partial charge on any atom is 0.351 e. The van der Waals surface area contributed by atoms with Crippen LogP contribution in [-0.2, 0) is 19.5 Å². The van der Waals surface area contributed by atoms with E-state index in [4.69, 9.17) is 4.52 Å². The average molecular weight is 418 g/mol. The van der Waals surface area contributed by atoms with Crippen molar-refractivity contribution in [3.8, 4) is 5.69 Å². The van der Waals surface area contributed by atoms with Crippen LogP contribution in [0.4, 0.5) is 4.39 Å². The van der Waals surface area contributed by atoms with Crippen molar-refractivity contribution in [3.63, 3.8) is 0 Å². The van der Waals surface area contributed by atoms with Gasteiger partial charge in [0, 0.05) is 32.0 Å². The molecule has 0 amide bonds. The summed E-state index contributed by atoms with van der Waals surface area (Å²) in [7, 11) is 0. The van der Waals surface area contributed by atoms with Crippen molar-refractivity contribution >= 4 is 21.6 Å². The largest absolute Gasteiger partial charge is 0.351 e. The van der Waals surface area contributed by atoms with E-state index in [2.05, 4.69) is 15.1 Å². The molecule has 0 radical (unpaired) electrons. The van der Waals surface area contributed by atoms with E-state index in [1.807, 2.05) is 0 Å². The molecule has 4 heterocycles. The zero-order valence-electron chi connectivity index (χ0n) is 15.3. The van der Waals surface area contributed by atoms with Crippen LogP contribution < -0.4 is 16.3 Å². The van der Waals surface area contributed by atoms with Gasteiger partial charge in [-0.05, 0) is 18.9 Å². The van der Waals surface area contributed by atoms with Gasteiger partial charge >= 0.3 is 16.3 Å². The number of rotatable bonds is 3. The maximum atomic E-state index is 15.2. The molecule has 150 valence electrons. The number of aromatic nitrogens is 6. The second-order valence-corrected chi connectivity index (χ2v) is 7.85. The SMILES string of the molecule is Cc1nc(Cc2c(-n3c(=O)n4n(c3=O)CCCC4)c(F)cc3sc(=O)[nH]c23)no1. The van der Waals surface area contributed by atoms with Crippen molar-refractivity contribution in [1.29, 1.82) is 0 Å². The molecule has 3 aromatic heterocycles. The van der Waals surface area contributed by atoms with E-state index in [0.717, 1.165) is 34.8 Å². The smallest absolute Gasteiger partial charge is 0.340 e. The maximum absolute atomic E-state index is 15.2. The van der Waals surface area contributed by atoms with E-state index in [1.54, 1.807) is 6.92 Å². The first-order valence-electron chi connectivity index (χ1n) is 9.00. The third kappa shape index (κ3) is 2.70. The predicted octanol–water partition coefficient (Wildman–Crippen LogP) is 0.919. The van der Waals surface area contributed by atoms with Gasteiger partial charge in [0.15, 0.2) is 5.82 Å². The number of H-pyrrole nitrogens is 1. The Morgan fingerprint density at radius 3 is 2.52 bits per heavy atom. The molecule has 29 heavy (non-hydrogen) atoms. The normalized spacial score (nSPS) is 13.9. The first kappa shape index (κ1) is 17.8. The van der Waals surface area contributed by atoms with Crippen LogP contribution in [-0.4, -0.2) is 29.1 Å². The van der Waals surface area contributed by atoms with Crippen molar-refractivity contribution in [3.05, 3.63) is 59.8 Å². The summed E-state index contributed by atoms with van der Waals surface area (Å²) in [6.07, 6.45) is 1.50. The molecule has 1 aromatic carbocycles. The molecule has 1 aliphatic heterocycles. The highest BCUT2D eigenvalue weighted by atomic mass is 32.1. The standard InChI is InChI=1S/C17H15FN6O4S/c1-8-19-12(21-28-8)6-9-13-11(29-15(25)20-13)7-10(18)14(9)24-16(26)22-4-2-3-5-23(22)17(24)27/h7H,2-6H2,1H3,(H,20,25). The molecule has 4 aromatic rings. The molecule has 0 spiro atoms. The van der Waals surface area contributed by atoms with Gasteiger partial charge in [0.1, 0.15) is 5.82 Å². The predicted molar refractivity (Wildman–Crippen MR) is 101 cm³/mol. The lowest BCUT2D eigenvalue weighted by molar-refractivity contribution is 0.348. The molecule has 1 aliphatic rings. The Balaban J connectivity index is 1.85. The molecule has 0 fully saturated rings.